The van der Waals surface area contributed by atoms with Gasteiger partial charge in [0.25, 0.3) is 0 Å². The number of aliphatic hydroxyl groups excluding tert-OH is 1. The summed E-state index contributed by atoms with van der Waals surface area (Å²) in [7, 11) is 1.89. The number of nitrogens with zero attached hydrogens (tertiary/aromatic N) is 2. The number of likely N-dealkylation sites (N-methyl/N-ethyl adjacent to an activating group) is 1. The Morgan fingerprint density at radius 3 is 2.72 bits per heavy atom. The molecule has 1 aromatic rings. The molecule has 1 amide bonds. The molecule has 1 saturated carbocycles. The molecule has 0 aromatic heterocycles. The average Bonchev–Trinajstić information content (AvgIpc) is 2.61. The molecule has 1 aliphatic carbocycles. The molecule has 2 fully saturated rings. The molecular weight excluding hydrogens is 312 g/mol. The van der Waals surface area contributed by atoms with Crippen molar-refractivity contribution in [1.29, 1.82) is 0 Å². The Balaban J connectivity index is 1.70. The van der Waals surface area contributed by atoms with Crippen LogP contribution in [0.25, 0.3) is 0 Å². The van der Waals surface area contributed by atoms with Crippen LogP contribution >= 0.6 is 0 Å². The van der Waals surface area contributed by atoms with Crippen molar-refractivity contribution in [2.75, 3.05) is 13.6 Å². The van der Waals surface area contributed by atoms with Crippen LogP contribution in [0.1, 0.15) is 56.1 Å². The van der Waals surface area contributed by atoms with E-state index in [1.165, 1.54) is 11.1 Å². The SMILES string of the molecule is Cc1cccc(CN2CCCC[C@@H]2C(=O)N(C)[C@@H]2CCCC[C@H]2O)c1. The van der Waals surface area contributed by atoms with Crippen molar-refractivity contribution in [1.82, 2.24) is 9.80 Å². The third-order valence-corrected chi connectivity index (χ3v) is 5.91. The van der Waals surface area contributed by atoms with Crippen LogP contribution in [-0.2, 0) is 11.3 Å². The number of hydrogen-bond donors (Lipinski definition) is 1. The van der Waals surface area contributed by atoms with Crippen molar-refractivity contribution in [2.45, 2.75) is 76.6 Å². The van der Waals surface area contributed by atoms with E-state index in [9.17, 15) is 9.90 Å². The van der Waals surface area contributed by atoms with Crippen molar-refractivity contribution < 1.29 is 9.90 Å². The van der Waals surface area contributed by atoms with Crippen molar-refractivity contribution in [3.05, 3.63) is 35.4 Å². The Morgan fingerprint density at radius 2 is 1.96 bits per heavy atom. The van der Waals surface area contributed by atoms with E-state index in [2.05, 4.69) is 36.1 Å². The van der Waals surface area contributed by atoms with E-state index in [1.807, 2.05) is 11.9 Å². The fourth-order valence-corrected chi connectivity index (χ4v) is 4.45. The van der Waals surface area contributed by atoms with Gasteiger partial charge < -0.3 is 10.0 Å². The van der Waals surface area contributed by atoms with E-state index in [0.29, 0.717) is 0 Å². The van der Waals surface area contributed by atoms with Crippen LogP contribution in [0.4, 0.5) is 0 Å². The maximum absolute atomic E-state index is 13.2. The first kappa shape index (κ1) is 18.4. The lowest BCUT2D eigenvalue weighted by molar-refractivity contribution is -0.142. The van der Waals surface area contributed by atoms with Crippen molar-refractivity contribution >= 4 is 5.91 Å². The molecule has 3 rings (SSSR count). The highest BCUT2D eigenvalue weighted by molar-refractivity contribution is 5.82. The molecule has 0 radical (unpaired) electrons. The van der Waals surface area contributed by atoms with E-state index >= 15 is 0 Å². The summed E-state index contributed by atoms with van der Waals surface area (Å²) in [5, 5.41) is 10.3. The summed E-state index contributed by atoms with van der Waals surface area (Å²) in [5.74, 6) is 0.193. The molecule has 2 aliphatic rings. The predicted molar refractivity (Wildman–Crippen MR) is 100 cm³/mol. The first-order chi connectivity index (χ1) is 12.1. The van der Waals surface area contributed by atoms with E-state index in [1.54, 1.807) is 0 Å². The second-order valence-electron chi connectivity index (χ2n) is 7.84. The summed E-state index contributed by atoms with van der Waals surface area (Å²) in [4.78, 5) is 17.4. The van der Waals surface area contributed by atoms with Gasteiger partial charge in [0.15, 0.2) is 0 Å². The molecule has 1 aromatic carbocycles. The second kappa shape index (κ2) is 8.33. The highest BCUT2D eigenvalue weighted by Crippen LogP contribution is 2.26. The standard InChI is InChI=1S/C21H32N2O2/c1-16-8-7-9-17(14-16)15-23-13-6-5-11-19(23)21(25)22(2)18-10-3-4-12-20(18)24/h7-9,14,18-20,24H,3-6,10-13,15H2,1-2H3/t18-,19-,20-/m1/s1. The minimum Gasteiger partial charge on any atom is -0.391 e. The van der Waals surface area contributed by atoms with Crippen LogP contribution in [0.15, 0.2) is 24.3 Å². The Bertz CT molecular complexity index is 589. The molecule has 4 heteroatoms. The van der Waals surface area contributed by atoms with Crippen LogP contribution in [0, 0.1) is 6.92 Å². The number of carbonyl (C=O) groups is 1. The summed E-state index contributed by atoms with van der Waals surface area (Å²) in [5.41, 5.74) is 2.54. The number of rotatable bonds is 4. The van der Waals surface area contributed by atoms with Gasteiger partial charge in [-0.3, -0.25) is 9.69 Å². The quantitative estimate of drug-likeness (QED) is 0.913. The highest BCUT2D eigenvalue weighted by Gasteiger charge is 2.36. The Morgan fingerprint density at radius 1 is 1.20 bits per heavy atom. The number of carbonyl (C=O) groups excluding carboxylic acids is 1. The summed E-state index contributed by atoms with van der Waals surface area (Å²) in [6.07, 6.45) is 6.76. The third kappa shape index (κ3) is 4.42. The molecule has 0 bridgehead atoms. The normalized spacial score (nSPS) is 27.9. The van der Waals surface area contributed by atoms with Gasteiger partial charge in [0.05, 0.1) is 18.2 Å². The number of aryl methyl sites for hydroxylation is 1. The lowest BCUT2D eigenvalue weighted by Gasteiger charge is -2.41. The Hall–Kier alpha value is -1.39. The molecule has 3 atom stereocenters. The van der Waals surface area contributed by atoms with Crippen LogP contribution < -0.4 is 0 Å². The molecule has 4 nitrogen and oxygen atoms in total. The molecule has 1 saturated heterocycles. The predicted octanol–water partition coefficient (Wildman–Crippen LogP) is 3.11. The third-order valence-electron chi connectivity index (χ3n) is 5.91. The number of piperidine rings is 1. The lowest BCUT2D eigenvalue weighted by atomic mass is 9.90. The Labute approximate surface area is 151 Å². The first-order valence-corrected chi connectivity index (χ1v) is 9.80. The van der Waals surface area contributed by atoms with E-state index in [0.717, 1.165) is 58.0 Å². The van der Waals surface area contributed by atoms with Gasteiger partial charge in [0.2, 0.25) is 5.91 Å². The van der Waals surface area contributed by atoms with Gasteiger partial charge in [-0.2, -0.15) is 0 Å². The summed E-state index contributed by atoms with van der Waals surface area (Å²) < 4.78 is 0. The van der Waals surface area contributed by atoms with Crippen molar-refractivity contribution in [3.63, 3.8) is 0 Å². The molecule has 1 aliphatic heterocycles. The summed E-state index contributed by atoms with van der Waals surface area (Å²) in [6, 6.07) is 8.51. The number of likely N-dealkylation sites (tertiary alicyclic amines) is 1. The van der Waals surface area contributed by atoms with Crippen LogP contribution in [-0.4, -0.2) is 52.6 Å². The summed E-state index contributed by atoms with van der Waals surface area (Å²) in [6.45, 7) is 3.92. The fourth-order valence-electron chi connectivity index (χ4n) is 4.45. The zero-order valence-electron chi connectivity index (χ0n) is 15.7. The minimum atomic E-state index is -0.364. The number of aliphatic hydroxyl groups is 1. The van der Waals surface area contributed by atoms with E-state index in [-0.39, 0.29) is 24.1 Å². The van der Waals surface area contributed by atoms with Gasteiger partial charge in [-0.25, -0.2) is 0 Å². The largest absolute Gasteiger partial charge is 0.391 e. The molecule has 1 N–H and O–H groups in total. The topological polar surface area (TPSA) is 43.8 Å². The van der Waals surface area contributed by atoms with Crippen molar-refractivity contribution in [2.24, 2.45) is 0 Å². The minimum absolute atomic E-state index is 0.0102. The Kier molecular flexibility index (Phi) is 6.13. The molecule has 0 unspecified atom stereocenters. The second-order valence-corrected chi connectivity index (χ2v) is 7.84. The lowest BCUT2D eigenvalue weighted by Crippen LogP contribution is -2.54. The smallest absolute Gasteiger partial charge is 0.240 e. The van der Waals surface area contributed by atoms with Gasteiger partial charge in [-0.15, -0.1) is 0 Å². The molecule has 25 heavy (non-hydrogen) atoms. The fraction of sp³-hybridized carbons (Fsp3) is 0.667. The van der Waals surface area contributed by atoms with Crippen LogP contribution in [0.2, 0.25) is 0 Å². The molecule has 138 valence electrons. The number of hydrogen-bond acceptors (Lipinski definition) is 3. The van der Waals surface area contributed by atoms with Gasteiger partial charge in [0, 0.05) is 13.6 Å². The maximum atomic E-state index is 13.2. The average molecular weight is 344 g/mol. The van der Waals surface area contributed by atoms with Crippen LogP contribution in [0.5, 0.6) is 0 Å². The highest BCUT2D eigenvalue weighted by atomic mass is 16.3. The van der Waals surface area contributed by atoms with Gasteiger partial charge in [-0.05, 0) is 44.7 Å². The molecule has 1 heterocycles. The van der Waals surface area contributed by atoms with Gasteiger partial charge in [0.1, 0.15) is 0 Å². The van der Waals surface area contributed by atoms with E-state index < -0.39 is 0 Å². The van der Waals surface area contributed by atoms with Crippen molar-refractivity contribution in [3.8, 4) is 0 Å². The van der Waals surface area contributed by atoms with Gasteiger partial charge >= 0.3 is 0 Å². The number of amides is 1. The van der Waals surface area contributed by atoms with E-state index in [4.69, 9.17) is 0 Å². The molecular formula is C21H32N2O2. The number of benzene rings is 1. The summed E-state index contributed by atoms with van der Waals surface area (Å²) >= 11 is 0. The first-order valence-electron chi connectivity index (χ1n) is 9.80. The molecule has 0 spiro atoms. The van der Waals surface area contributed by atoms with Crippen LogP contribution in [0.3, 0.4) is 0 Å². The zero-order valence-corrected chi connectivity index (χ0v) is 15.7. The van der Waals surface area contributed by atoms with Gasteiger partial charge in [-0.1, -0.05) is 49.1 Å². The maximum Gasteiger partial charge on any atom is 0.240 e. The zero-order chi connectivity index (χ0) is 17.8. The monoisotopic (exact) mass is 344 g/mol.